The number of benzene rings is 2. The lowest BCUT2D eigenvalue weighted by Gasteiger charge is -2.13. The number of amides is 3. The molecule has 148 valence electrons. The molecule has 1 fully saturated rings. The number of carbonyl (C=O) groups is 3. The second-order valence-corrected chi connectivity index (χ2v) is 7.54. The quantitative estimate of drug-likeness (QED) is 0.454. The van der Waals surface area contributed by atoms with Crippen molar-refractivity contribution in [2.24, 2.45) is 0 Å². The summed E-state index contributed by atoms with van der Waals surface area (Å²) < 4.78 is 0. The van der Waals surface area contributed by atoms with Crippen molar-refractivity contribution in [3.63, 3.8) is 0 Å². The Balaban J connectivity index is 1.72. The van der Waals surface area contributed by atoms with Crippen molar-refractivity contribution in [3.8, 4) is 0 Å². The van der Waals surface area contributed by atoms with E-state index in [0.717, 1.165) is 16.0 Å². The van der Waals surface area contributed by atoms with Crippen LogP contribution in [0.25, 0.3) is 6.08 Å². The summed E-state index contributed by atoms with van der Waals surface area (Å²) in [6.45, 7) is 3.39. The highest BCUT2D eigenvalue weighted by molar-refractivity contribution is 8.18. The van der Waals surface area contributed by atoms with Crippen LogP contribution in [0, 0.1) is 24.0 Å². The molecule has 1 saturated heterocycles. The molecule has 3 amide bonds. The number of imide groups is 1. The molecule has 0 aliphatic carbocycles. The van der Waals surface area contributed by atoms with Crippen LogP contribution < -0.4 is 5.32 Å². The van der Waals surface area contributed by atoms with Gasteiger partial charge in [0.05, 0.1) is 9.83 Å². The summed E-state index contributed by atoms with van der Waals surface area (Å²) in [6, 6.07) is 11.3. The molecular weight excluding hydrogens is 394 g/mol. The molecule has 2 aromatic rings. The number of anilines is 1. The lowest BCUT2D eigenvalue weighted by atomic mass is 10.1. The maximum absolute atomic E-state index is 12.5. The second kappa shape index (κ2) is 8.27. The predicted molar refractivity (Wildman–Crippen MR) is 110 cm³/mol. The third-order valence-corrected chi connectivity index (χ3v) is 4.97. The van der Waals surface area contributed by atoms with Crippen LogP contribution in [-0.4, -0.2) is 33.4 Å². The zero-order valence-electron chi connectivity index (χ0n) is 15.7. The minimum Gasteiger partial charge on any atom is -0.325 e. The van der Waals surface area contributed by atoms with Gasteiger partial charge >= 0.3 is 0 Å². The number of hydrogen-bond donors (Lipinski definition) is 1. The van der Waals surface area contributed by atoms with Crippen molar-refractivity contribution >= 4 is 46.3 Å². The summed E-state index contributed by atoms with van der Waals surface area (Å²) in [5.74, 6) is -1.10. The number of nitro benzene ring substituents is 1. The Bertz CT molecular complexity index is 1040. The molecule has 0 unspecified atom stereocenters. The topological polar surface area (TPSA) is 110 Å². The first kappa shape index (κ1) is 20.3. The Morgan fingerprint density at radius 2 is 1.86 bits per heavy atom. The third-order valence-electron chi connectivity index (χ3n) is 4.06. The number of thioether (sulfide) groups is 1. The zero-order valence-corrected chi connectivity index (χ0v) is 16.5. The number of rotatable bonds is 5. The van der Waals surface area contributed by atoms with E-state index in [4.69, 9.17) is 0 Å². The number of non-ortho nitro benzene ring substituents is 1. The van der Waals surface area contributed by atoms with Crippen LogP contribution in [0.4, 0.5) is 16.2 Å². The average molecular weight is 411 g/mol. The van der Waals surface area contributed by atoms with E-state index in [9.17, 15) is 24.5 Å². The lowest BCUT2D eigenvalue weighted by molar-refractivity contribution is -0.384. The van der Waals surface area contributed by atoms with E-state index in [-0.39, 0.29) is 10.6 Å². The molecular formula is C20H17N3O5S. The van der Waals surface area contributed by atoms with Crippen LogP contribution in [0.5, 0.6) is 0 Å². The van der Waals surface area contributed by atoms with Gasteiger partial charge in [0.25, 0.3) is 16.8 Å². The van der Waals surface area contributed by atoms with E-state index in [0.29, 0.717) is 23.0 Å². The minimum absolute atomic E-state index is 0.106. The molecule has 1 heterocycles. The standard InChI is InChI=1S/C20H17N3O5S/c1-12-6-13(2)8-15(7-12)21-18(24)11-22-19(25)17(29-20(22)26)10-14-4-3-5-16(9-14)23(27)28/h3-10H,11H2,1-2H3,(H,21,24)/b17-10+. The minimum atomic E-state index is -0.609. The summed E-state index contributed by atoms with van der Waals surface area (Å²) >= 11 is 0.693. The van der Waals surface area contributed by atoms with Crippen LogP contribution in [0.2, 0.25) is 0 Å². The molecule has 0 spiro atoms. The summed E-state index contributed by atoms with van der Waals surface area (Å²) in [7, 11) is 0. The summed E-state index contributed by atoms with van der Waals surface area (Å²) in [5.41, 5.74) is 2.85. The van der Waals surface area contributed by atoms with Gasteiger partial charge in [-0.2, -0.15) is 0 Å². The normalized spacial score (nSPS) is 15.1. The van der Waals surface area contributed by atoms with Gasteiger partial charge in [-0.3, -0.25) is 29.4 Å². The summed E-state index contributed by atoms with van der Waals surface area (Å²) in [6.07, 6.45) is 1.40. The van der Waals surface area contributed by atoms with Crippen molar-refractivity contribution in [3.05, 3.63) is 74.2 Å². The van der Waals surface area contributed by atoms with Crippen LogP contribution in [0.3, 0.4) is 0 Å². The zero-order chi connectivity index (χ0) is 21.1. The van der Waals surface area contributed by atoms with Gasteiger partial charge in [-0.05, 0) is 60.5 Å². The van der Waals surface area contributed by atoms with Crippen molar-refractivity contribution in [2.45, 2.75) is 13.8 Å². The fourth-order valence-corrected chi connectivity index (χ4v) is 3.75. The number of hydrogen-bond acceptors (Lipinski definition) is 6. The number of nitro groups is 1. The molecule has 1 aliphatic heterocycles. The van der Waals surface area contributed by atoms with Crippen molar-refractivity contribution in [1.82, 2.24) is 4.90 Å². The fraction of sp³-hybridized carbons (Fsp3) is 0.150. The van der Waals surface area contributed by atoms with Gasteiger partial charge in [-0.1, -0.05) is 18.2 Å². The largest absolute Gasteiger partial charge is 0.325 e. The van der Waals surface area contributed by atoms with Gasteiger partial charge in [0.1, 0.15) is 6.54 Å². The van der Waals surface area contributed by atoms with Crippen LogP contribution >= 0.6 is 11.8 Å². The Hall–Kier alpha value is -3.46. The molecule has 0 aromatic heterocycles. The smallest absolute Gasteiger partial charge is 0.294 e. The molecule has 8 nitrogen and oxygen atoms in total. The van der Waals surface area contributed by atoms with Crippen LogP contribution in [0.1, 0.15) is 16.7 Å². The monoisotopic (exact) mass is 411 g/mol. The second-order valence-electron chi connectivity index (χ2n) is 6.54. The van der Waals surface area contributed by atoms with Gasteiger partial charge in [0, 0.05) is 17.8 Å². The summed E-state index contributed by atoms with van der Waals surface area (Å²) in [4.78, 5) is 48.3. The maximum Gasteiger partial charge on any atom is 0.294 e. The molecule has 9 heteroatoms. The molecule has 0 atom stereocenters. The average Bonchev–Trinajstić information content (AvgIpc) is 2.88. The van der Waals surface area contributed by atoms with Gasteiger partial charge in [-0.25, -0.2) is 0 Å². The Morgan fingerprint density at radius 3 is 2.52 bits per heavy atom. The van der Waals surface area contributed by atoms with E-state index >= 15 is 0 Å². The number of nitrogens with zero attached hydrogens (tertiary/aromatic N) is 2. The number of aryl methyl sites for hydroxylation is 2. The molecule has 2 aromatic carbocycles. The van der Waals surface area contributed by atoms with Crippen molar-refractivity contribution < 1.29 is 19.3 Å². The molecule has 3 rings (SSSR count). The maximum atomic E-state index is 12.5. The Labute approximate surface area is 170 Å². The van der Waals surface area contributed by atoms with E-state index in [2.05, 4.69) is 5.32 Å². The van der Waals surface area contributed by atoms with Gasteiger partial charge in [0.15, 0.2) is 0 Å². The van der Waals surface area contributed by atoms with Crippen molar-refractivity contribution in [2.75, 3.05) is 11.9 Å². The Morgan fingerprint density at radius 1 is 1.17 bits per heavy atom. The predicted octanol–water partition coefficient (Wildman–Crippen LogP) is 3.89. The van der Waals surface area contributed by atoms with Crippen LogP contribution in [0.15, 0.2) is 47.4 Å². The van der Waals surface area contributed by atoms with E-state index in [1.807, 2.05) is 19.9 Å². The van der Waals surface area contributed by atoms with Crippen molar-refractivity contribution in [1.29, 1.82) is 0 Å². The highest BCUT2D eigenvalue weighted by atomic mass is 32.2. The van der Waals surface area contributed by atoms with E-state index in [1.165, 1.54) is 24.3 Å². The van der Waals surface area contributed by atoms with Gasteiger partial charge < -0.3 is 5.32 Å². The molecule has 1 aliphatic rings. The fourth-order valence-electron chi connectivity index (χ4n) is 2.91. The van der Waals surface area contributed by atoms with E-state index in [1.54, 1.807) is 18.2 Å². The molecule has 1 N–H and O–H groups in total. The molecule has 0 saturated carbocycles. The van der Waals surface area contributed by atoms with E-state index < -0.39 is 28.5 Å². The Kier molecular flexibility index (Phi) is 5.79. The molecule has 0 radical (unpaired) electrons. The first-order chi connectivity index (χ1) is 13.7. The lowest BCUT2D eigenvalue weighted by Crippen LogP contribution is -2.36. The molecule has 0 bridgehead atoms. The highest BCUT2D eigenvalue weighted by Gasteiger charge is 2.36. The SMILES string of the molecule is Cc1cc(C)cc(NC(=O)CN2C(=O)S/C(=C/c3cccc([N+](=O)[O-])c3)C2=O)c1. The third kappa shape index (κ3) is 4.88. The highest BCUT2D eigenvalue weighted by Crippen LogP contribution is 2.32. The van der Waals surface area contributed by atoms with Crippen LogP contribution in [-0.2, 0) is 9.59 Å². The molecule has 29 heavy (non-hydrogen) atoms. The first-order valence-electron chi connectivity index (χ1n) is 8.61. The summed E-state index contributed by atoms with van der Waals surface area (Å²) in [5, 5.41) is 13.0. The number of carbonyl (C=O) groups excluding carboxylic acids is 3. The van der Waals surface area contributed by atoms with Gasteiger partial charge in [-0.15, -0.1) is 0 Å². The van der Waals surface area contributed by atoms with Gasteiger partial charge in [0.2, 0.25) is 5.91 Å². The first-order valence-corrected chi connectivity index (χ1v) is 9.42. The number of nitrogens with one attached hydrogen (secondary N) is 1.